The zero-order valence-electron chi connectivity index (χ0n) is 11.7. The van der Waals surface area contributed by atoms with Gasteiger partial charge in [0.25, 0.3) is 0 Å². The van der Waals surface area contributed by atoms with Gasteiger partial charge in [0, 0.05) is 6.54 Å². The minimum atomic E-state index is -3.56. The fraction of sp³-hybridized carbons (Fsp3) is 0.214. The minimum Gasteiger partial charge on any atom is -0.469 e. The van der Waals surface area contributed by atoms with Crippen LogP contribution in [-0.2, 0) is 32.5 Å². The van der Waals surface area contributed by atoms with Gasteiger partial charge in [-0.1, -0.05) is 35.9 Å². The van der Waals surface area contributed by atoms with Crippen molar-refractivity contribution in [1.29, 1.82) is 0 Å². The maximum atomic E-state index is 12.0. The highest BCUT2D eigenvalue weighted by Crippen LogP contribution is 2.25. The van der Waals surface area contributed by atoms with Crippen molar-refractivity contribution in [2.24, 2.45) is 0 Å². The third-order valence-corrected chi connectivity index (χ3v) is 6.00. The zero-order chi connectivity index (χ0) is 16.2. The molecule has 0 radical (unpaired) electrons. The molecule has 2 aromatic rings. The van der Waals surface area contributed by atoms with E-state index in [0.29, 0.717) is 4.34 Å². The lowest BCUT2D eigenvalue weighted by atomic mass is 10.1. The van der Waals surface area contributed by atoms with Crippen LogP contribution in [-0.4, -0.2) is 21.5 Å². The lowest BCUT2D eigenvalue weighted by Gasteiger charge is -2.06. The molecule has 0 aliphatic rings. The van der Waals surface area contributed by atoms with E-state index in [1.165, 1.54) is 13.2 Å². The molecule has 0 spiro atoms. The number of esters is 1. The van der Waals surface area contributed by atoms with Gasteiger partial charge in [0.05, 0.1) is 17.9 Å². The quantitative estimate of drug-likeness (QED) is 0.804. The van der Waals surface area contributed by atoms with Crippen molar-refractivity contribution in [1.82, 2.24) is 4.72 Å². The second-order valence-electron chi connectivity index (χ2n) is 4.45. The van der Waals surface area contributed by atoms with Crippen LogP contribution in [0.1, 0.15) is 11.1 Å². The summed E-state index contributed by atoms with van der Waals surface area (Å²) in [5, 5.41) is 0. The molecule has 1 aromatic heterocycles. The summed E-state index contributed by atoms with van der Waals surface area (Å²) >= 11 is 6.75. The molecule has 0 aliphatic carbocycles. The normalized spacial score (nSPS) is 11.4. The summed E-state index contributed by atoms with van der Waals surface area (Å²) in [5.74, 6) is -0.317. The SMILES string of the molecule is COC(=O)Cc1ccc(CNS(=O)(=O)c2ccc(Cl)s2)cc1. The Hall–Kier alpha value is -1.41. The molecular weight excluding hydrogens is 346 g/mol. The van der Waals surface area contributed by atoms with Crippen molar-refractivity contribution in [3.63, 3.8) is 0 Å². The number of nitrogens with one attached hydrogen (secondary N) is 1. The third-order valence-electron chi connectivity index (χ3n) is 2.88. The predicted molar refractivity (Wildman–Crippen MR) is 85.5 cm³/mol. The lowest BCUT2D eigenvalue weighted by molar-refractivity contribution is -0.139. The maximum absolute atomic E-state index is 12.0. The zero-order valence-corrected chi connectivity index (χ0v) is 14.1. The first-order valence-corrected chi connectivity index (χ1v) is 8.98. The molecule has 2 rings (SSSR count). The van der Waals surface area contributed by atoms with Gasteiger partial charge in [0.2, 0.25) is 10.0 Å². The van der Waals surface area contributed by atoms with E-state index in [0.717, 1.165) is 22.5 Å². The van der Waals surface area contributed by atoms with Gasteiger partial charge in [0.15, 0.2) is 0 Å². The first-order chi connectivity index (χ1) is 10.4. The van der Waals surface area contributed by atoms with Crippen molar-refractivity contribution in [2.75, 3.05) is 7.11 Å². The van der Waals surface area contributed by atoms with E-state index >= 15 is 0 Å². The highest BCUT2D eigenvalue weighted by molar-refractivity contribution is 7.91. The van der Waals surface area contributed by atoms with Gasteiger partial charge in [0.1, 0.15) is 4.21 Å². The Labute approximate surface area is 137 Å². The molecule has 1 aromatic carbocycles. The summed E-state index contributed by atoms with van der Waals surface area (Å²) in [6, 6.07) is 10.1. The molecule has 8 heteroatoms. The van der Waals surface area contributed by atoms with Crippen molar-refractivity contribution in [3.05, 3.63) is 51.9 Å². The summed E-state index contributed by atoms with van der Waals surface area (Å²) < 4.78 is 31.8. The molecule has 1 N–H and O–H groups in total. The van der Waals surface area contributed by atoms with Gasteiger partial charge in [-0.05, 0) is 23.3 Å². The third kappa shape index (κ3) is 4.54. The summed E-state index contributed by atoms with van der Waals surface area (Å²) in [4.78, 5) is 11.2. The number of thiophene rings is 1. The standard InChI is InChI=1S/C14H14ClNO4S2/c1-20-13(17)8-10-2-4-11(5-3-10)9-16-22(18,19)14-7-6-12(15)21-14/h2-7,16H,8-9H2,1H3. The molecular formula is C14H14ClNO4S2. The van der Waals surface area contributed by atoms with Crippen LogP contribution in [0.3, 0.4) is 0 Å². The van der Waals surface area contributed by atoms with Crippen molar-refractivity contribution < 1.29 is 17.9 Å². The van der Waals surface area contributed by atoms with Crippen LogP contribution in [0.15, 0.2) is 40.6 Å². The highest BCUT2D eigenvalue weighted by atomic mass is 35.5. The number of methoxy groups -OCH3 is 1. The molecule has 0 amide bonds. The average Bonchev–Trinajstić information content (AvgIpc) is 2.94. The van der Waals surface area contributed by atoms with Crippen LogP contribution in [0.5, 0.6) is 0 Å². The lowest BCUT2D eigenvalue weighted by Crippen LogP contribution is -2.22. The fourth-order valence-corrected chi connectivity index (χ4v) is 4.25. The Kier molecular flexibility index (Phi) is 5.57. The number of hydrogen-bond acceptors (Lipinski definition) is 5. The second kappa shape index (κ2) is 7.23. The van der Waals surface area contributed by atoms with E-state index in [2.05, 4.69) is 9.46 Å². The Morgan fingerprint density at radius 1 is 1.18 bits per heavy atom. The number of ether oxygens (including phenoxy) is 1. The molecule has 0 saturated carbocycles. The van der Waals surface area contributed by atoms with E-state index < -0.39 is 10.0 Å². The number of sulfonamides is 1. The summed E-state index contributed by atoms with van der Waals surface area (Å²) in [7, 11) is -2.23. The largest absolute Gasteiger partial charge is 0.469 e. The molecule has 0 atom stereocenters. The Morgan fingerprint density at radius 2 is 1.82 bits per heavy atom. The molecule has 5 nitrogen and oxygen atoms in total. The number of carbonyl (C=O) groups excluding carboxylic acids is 1. The predicted octanol–water partition coefficient (Wildman–Crippen LogP) is 2.60. The van der Waals surface area contributed by atoms with Gasteiger partial charge in [-0.3, -0.25) is 4.79 Å². The highest BCUT2D eigenvalue weighted by Gasteiger charge is 2.16. The van der Waals surface area contributed by atoms with E-state index in [1.54, 1.807) is 30.3 Å². The molecule has 0 bridgehead atoms. The summed E-state index contributed by atoms with van der Waals surface area (Å²) in [6.07, 6.45) is 0.191. The molecule has 118 valence electrons. The smallest absolute Gasteiger partial charge is 0.309 e. The number of hydrogen-bond donors (Lipinski definition) is 1. The second-order valence-corrected chi connectivity index (χ2v) is 8.16. The minimum absolute atomic E-state index is 0.163. The Balaban J connectivity index is 1.98. The van der Waals surface area contributed by atoms with Crippen LogP contribution in [0.2, 0.25) is 4.34 Å². The maximum Gasteiger partial charge on any atom is 0.309 e. The Morgan fingerprint density at radius 3 is 2.36 bits per heavy atom. The number of rotatable bonds is 6. The van der Waals surface area contributed by atoms with Crippen LogP contribution < -0.4 is 4.72 Å². The van der Waals surface area contributed by atoms with Gasteiger partial charge < -0.3 is 4.74 Å². The van der Waals surface area contributed by atoms with Crippen LogP contribution in [0.4, 0.5) is 0 Å². The number of halogens is 1. The van der Waals surface area contributed by atoms with Crippen molar-refractivity contribution in [2.45, 2.75) is 17.2 Å². The van der Waals surface area contributed by atoms with Gasteiger partial charge in [-0.15, -0.1) is 11.3 Å². The first kappa shape index (κ1) is 17.0. The van der Waals surface area contributed by atoms with Crippen LogP contribution in [0.25, 0.3) is 0 Å². The summed E-state index contributed by atoms with van der Waals surface area (Å²) in [5.41, 5.74) is 1.60. The van der Waals surface area contributed by atoms with Crippen molar-refractivity contribution in [3.8, 4) is 0 Å². The van der Waals surface area contributed by atoms with Gasteiger partial charge in [-0.2, -0.15) is 0 Å². The fourth-order valence-electron chi connectivity index (χ4n) is 1.71. The molecule has 0 aliphatic heterocycles. The number of carbonyl (C=O) groups is 1. The van der Waals surface area contributed by atoms with E-state index in [9.17, 15) is 13.2 Å². The van der Waals surface area contributed by atoms with Crippen LogP contribution >= 0.6 is 22.9 Å². The van der Waals surface area contributed by atoms with Gasteiger partial charge >= 0.3 is 5.97 Å². The van der Waals surface area contributed by atoms with Crippen molar-refractivity contribution >= 4 is 38.9 Å². The van der Waals surface area contributed by atoms with Gasteiger partial charge in [-0.25, -0.2) is 13.1 Å². The molecule has 0 saturated heterocycles. The van der Waals surface area contributed by atoms with E-state index in [-0.39, 0.29) is 23.1 Å². The molecule has 1 heterocycles. The topological polar surface area (TPSA) is 72.5 Å². The van der Waals surface area contributed by atoms with Crippen LogP contribution in [0, 0.1) is 0 Å². The summed E-state index contributed by atoms with van der Waals surface area (Å²) in [6.45, 7) is 0.163. The van der Waals surface area contributed by atoms with E-state index in [1.807, 2.05) is 0 Å². The molecule has 22 heavy (non-hydrogen) atoms. The molecule has 0 fully saturated rings. The monoisotopic (exact) mass is 359 g/mol. The average molecular weight is 360 g/mol. The van der Waals surface area contributed by atoms with E-state index in [4.69, 9.17) is 11.6 Å². The first-order valence-electron chi connectivity index (χ1n) is 6.30. The number of benzene rings is 1. The Bertz CT molecular complexity index is 753. The molecule has 0 unspecified atom stereocenters.